The number of hydrogen-bond donors (Lipinski definition) is 12. The van der Waals surface area contributed by atoms with Crippen LogP contribution >= 0.6 is 0 Å². The highest BCUT2D eigenvalue weighted by Crippen LogP contribution is 2.48. The maximum Gasteiger partial charge on any atom is 0.336 e. The van der Waals surface area contributed by atoms with Gasteiger partial charge >= 0.3 is 36.0 Å². The number of amides is 9. The summed E-state index contributed by atoms with van der Waals surface area (Å²) < 4.78 is 61.0. The van der Waals surface area contributed by atoms with E-state index < -0.39 is 146 Å². The van der Waals surface area contributed by atoms with Crippen LogP contribution in [0.2, 0.25) is 0 Å². The van der Waals surface area contributed by atoms with Crippen molar-refractivity contribution < 1.29 is 101 Å². The molecule has 12 N–H and O–H groups in total. The Kier molecular flexibility index (Phi) is 26.4. The number of fused-ring (bicyclic) bond motifs is 6. The molecule has 6 aromatic carbocycles. The molecule has 0 saturated carbocycles. The summed E-state index contributed by atoms with van der Waals surface area (Å²) in [6.07, 6.45) is -0.928. The van der Waals surface area contributed by atoms with Crippen molar-refractivity contribution in [1.29, 1.82) is 0 Å². The maximum absolute atomic E-state index is 13.5. The van der Waals surface area contributed by atoms with Crippen LogP contribution in [0.3, 0.4) is 0 Å². The van der Waals surface area contributed by atoms with Crippen molar-refractivity contribution in [3.8, 4) is 0 Å². The van der Waals surface area contributed by atoms with E-state index >= 15 is 0 Å². The number of anilines is 3. The molecular weight excluding hydrogens is 1660 g/mol. The van der Waals surface area contributed by atoms with E-state index in [-0.39, 0.29) is 53.8 Å². The second kappa shape index (κ2) is 39.0. The first-order chi connectivity index (χ1) is 62.3. The average Bonchev–Trinajstić information content (AvgIpc) is 1.60. The molecule has 0 radical (unpaired) electrons. The number of rotatable bonds is 25. The van der Waals surface area contributed by atoms with Gasteiger partial charge in [0, 0.05) is 50.4 Å². The first kappa shape index (κ1) is 86.5. The van der Waals surface area contributed by atoms with Gasteiger partial charge in [-0.25, -0.2) is 73.6 Å². The Morgan fingerprint density at radius 2 is 0.641 bits per heavy atom. The van der Waals surface area contributed by atoms with Gasteiger partial charge in [-0.3, -0.25) is 44.0 Å². The number of imidazole rings is 3. The lowest BCUT2D eigenvalue weighted by molar-refractivity contribution is -0.162. The number of nitrogens with zero attached hydrogens (tertiary/aromatic N) is 12. The van der Waals surface area contributed by atoms with E-state index in [1.165, 1.54) is 56.2 Å². The standard InChI is InChI=1S/C30H29N7O7.2C28H27N7O7/c1-2-31-30(41)36-25-21-26(34-15-33-25)37(16-35-21)28-24-22(42-20(43-24)13-12-17-8-4-3-5-9-17)23(44-28)27(38)32-14-18-10-6-7-11-19(18)29(39)40;2*1-2-29-28(39)34-22-18-23(32-13-31-22)35(14-33-18)25-21-19(41-27(42-21)15-8-4-3-5-9-15)20(40-25)24(36)30-12-16-10-6-7-11-17(16)26(37)38/h3-13,15-16,20,22-24,28H,2,14H2,1H3,(H,32,38)(H,39,40)(H2,31,33,34,36,41);2*3-11,13-14,19-21,25,27H,2,12H2,1H3,(H,30,36)(H,37,38)(H2,29,31,32,34,39)/b13-12+;;/t20-,22?,23?,24?,28?;2*19?,20?,21?,25?,27-/m000/s1. The highest BCUT2D eigenvalue weighted by Gasteiger charge is 2.59. The Labute approximate surface area is 725 Å². The number of carbonyl (C=O) groups excluding carboxylic acids is 6. The minimum absolute atomic E-state index is 0.0255. The third kappa shape index (κ3) is 18.7. The molecular formula is C86H83N21O21. The fourth-order valence-corrected chi connectivity index (χ4v) is 15.3. The van der Waals surface area contributed by atoms with Gasteiger partial charge in [0.1, 0.15) is 55.6 Å². The minimum atomic E-state index is -1.11. The number of ether oxygens (including phenoxy) is 9. The monoisotopic (exact) mass is 1750 g/mol. The lowest BCUT2D eigenvalue weighted by Gasteiger charge is -2.21. The van der Waals surface area contributed by atoms with E-state index in [4.69, 9.17) is 42.6 Å². The molecule has 6 fully saturated rings. The van der Waals surface area contributed by atoms with Crippen molar-refractivity contribution in [2.24, 2.45) is 0 Å². The molecule has 12 aromatic rings. The van der Waals surface area contributed by atoms with Crippen molar-refractivity contribution in [1.82, 2.24) is 90.5 Å². The van der Waals surface area contributed by atoms with Gasteiger partial charge in [0.25, 0.3) is 17.7 Å². The van der Waals surface area contributed by atoms with Crippen molar-refractivity contribution in [2.45, 2.75) is 133 Å². The molecule has 42 nitrogen and oxygen atoms in total. The smallest absolute Gasteiger partial charge is 0.336 e. The van der Waals surface area contributed by atoms with E-state index in [2.05, 4.69) is 92.7 Å². The van der Waals surface area contributed by atoms with Crippen LogP contribution in [0.25, 0.3) is 39.6 Å². The van der Waals surface area contributed by atoms with Gasteiger partial charge in [-0.1, -0.05) is 152 Å². The predicted molar refractivity (Wildman–Crippen MR) is 448 cm³/mol. The Bertz CT molecular complexity index is 5890. The Morgan fingerprint density at radius 1 is 0.344 bits per heavy atom. The lowest BCUT2D eigenvalue weighted by Crippen LogP contribution is -2.42. The normalized spacial score (nSPS) is 22.8. The zero-order chi connectivity index (χ0) is 89.1. The molecule has 6 aromatic heterocycles. The van der Waals surface area contributed by atoms with Gasteiger partial charge in [0.2, 0.25) is 0 Å². The molecule has 9 amide bonds. The highest BCUT2D eigenvalue weighted by molar-refractivity contribution is 5.98. The first-order valence-electron chi connectivity index (χ1n) is 40.5. The number of carboxylic acid groups (broad SMARTS) is 3. The van der Waals surface area contributed by atoms with Crippen LogP contribution < -0.4 is 47.9 Å². The quantitative estimate of drug-likeness (QED) is 0.0264. The second-order valence-corrected chi connectivity index (χ2v) is 29.2. The van der Waals surface area contributed by atoms with E-state index in [1.807, 2.05) is 97.1 Å². The highest BCUT2D eigenvalue weighted by atomic mass is 16.8. The summed E-state index contributed by atoms with van der Waals surface area (Å²) in [5.74, 6) is -4.17. The molecule has 128 heavy (non-hydrogen) atoms. The zero-order valence-corrected chi connectivity index (χ0v) is 68.2. The molecule has 6 saturated heterocycles. The summed E-state index contributed by atoms with van der Waals surface area (Å²) in [7, 11) is 0. The average molecular weight is 1750 g/mol. The number of carbonyl (C=O) groups is 9. The van der Waals surface area contributed by atoms with Gasteiger partial charge in [-0.15, -0.1) is 0 Å². The van der Waals surface area contributed by atoms with Crippen molar-refractivity contribution >= 4 is 111 Å². The zero-order valence-electron chi connectivity index (χ0n) is 68.2. The third-order valence-corrected chi connectivity index (χ3v) is 21.1. The number of hydrogen-bond acceptors (Lipinski definition) is 27. The largest absolute Gasteiger partial charge is 0.478 e. The predicted octanol–water partition coefficient (Wildman–Crippen LogP) is 7.43. The molecule has 0 bridgehead atoms. The number of nitrogens with one attached hydrogen (secondary N) is 9. The van der Waals surface area contributed by atoms with Gasteiger partial charge in [-0.2, -0.15) is 0 Å². The Balaban J connectivity index is 0.000000141. The fourth-order valence-electron chi connectivity index (χ4n) is 15.3. The van der Waals surface area contributed by atoms with Gasteiger partial charge in [0.05, 0.1) is 35.7 Å². The number of urea groups is 3. The maximum atomic E-state index is 13.5. The van der Waals surface area contributed by atoms with Crippen LogP contribution in [0.5, 0.6) is 0 Å². The summed E-state index contributed by atoms with van der Waals surface area (Å²) in [5.41, 5.74) is 6.08. The van der Waals surface area contributed by atoms with Crippen LogP contribution in [-0.4, -0.2) is 208 Å². The molecule has 12 heterocycles. The fraction of sp³-hybridized carbons (Fsp3) is 0.279. The molecule has 12 unspecified atom stereocenters. The van der Waals surface area contributed by atoms with Gasteiger partial charge < -0.3 is 89.9 Å². The number of benzene rings is 6. The molecule has 0 spiro atoms. The van der Waals surface area contributed by atoms with Crippen molar-refractivity contribution in [3.63, 3.8) is 0 Å². The number of aromatic carboxylic acids is 3. The van der Waals surface area contributed by atoms with Crippen LogP contribution in [0, 0.1) is 0 Å². The Hall–Kier alpha value is -15.0. The summed E-state index contributed by atoms with van der Waals surface area (Å²) >= 11 is 0. The number of aromatic nitrogens is 12. The van der Waals surface area contributed by atoms with E-state index in [9.17, 15) is 58.5 Å². The molecule has 18 rings (SSSR count). The van der Waals surface area contributed by atoms with Crippen molar-refractivity contribution in [3.05, 3.63) is 258 Å². The summed E-state index contributed by atoms with van der Waals surface area (Å²) in [6, 6.07) is 46.2. The van der Waals surface area contributed by atoms with Gasteiger partial charge in [-0.05, 0) is 67.3 Å². The molecule has 15 atom stereocenters. The van der Waals surface area contributed by atoms with Crippen molar-refractivity contribution in [2.75, 3.05) is 35.6 Å². The van der Waals surface area contributed by atoms with E-state index in [0.29, 0.717) is 69.8 Å². The van der Waals surface area contributed by atoms with E-state index in [1.54, 1.807) is 95.1 Å². The summed E-state index contributed by atoms with van der Waals surface area (Å²) in [5, 5.41) is 52.8. The summed E-state index contributed by atoms with van der Waals surface area (Å²) in [4.78, 5) is 150. The first-order valence-corrected chi connectivity index (χ1v) is 40.5. The third-order valence-electron chi connectivity index (χ3n) is 21.1. The lowest BCUT2D eigenvalue weighted by atomic mass is 10.1. The van der Waals surface area contributed by atoms with Crippen LogP contribution in [0.15, 0.2) is 208 Å². The number of carboxylic acids is 3. The topological polar surface area (TPSA) is 536 Å². The minimum Gasteiger partial charge on any atom is -0.478 e. The van der Waals surface area contributed by atoms with Gasteiger partial charge in [0.15, 0.2) is 107 Å². The Morgan fingerprint density at radius 3 is 0.977 bits per heavy atom. The second-order valence-electron chi connectivity index (χ2n) is 29.2. The van der Waals surface area contributed by atoms with Crippen LogP contribution in [0.4, 0.5) is 31.8 Å². The molecule has 6 aliphatic rings. The molecule has 42 heteroatoms. The molecule has 658 valence electrons. The molecule has 0 aliphatic carbocycles. The van der Waals surface area contributed by atoms with E-state index in [0.717, 1.165) is 16.7 Å². The summed E-state index contributed by atoms with van der Waals surface area (Å²) in [6.45, 7) is 6.58. The molecule has 6 aliphatic heterocycles. The van der Waals surface area contributed by atoms with Crippen LogP contribution in [0.1, 0.15) is 116 Å². The SMILES string of the molecule is CCNC(=O)Nc1ncnc2c1ncn2C1OC(C(=O)NCc2ccccc2C(=O)O)C2O[C@H](/C=C/c3ccccc3)OC21.CCNC(=O)Nc1ncnc2c1ncn2C1OC(C(=O)NCc2ccccc2C(=O)O)C2O[C@H](c3ccccc3)OC21.CCNC(=O)Nc1ncnc2c1ncn2C1OC(C(=O)NCc2ccccc2C(=O)O)C2O[C@H](c3ccccc3)OC21. The van der Waals surface area contributed by atoms with Crippen LogP contribution in [-0.2, 0) is 76.6 Å².